The molecule has 2 saturated carbocycles. The maximum absolute atomic E-state index is 13.3. The van der Waals surface area contributed by atoms with Gasteiger partial charge in [-0.25, -0.2) is 4.79 Å². The Morgan fingerprint density at radius 1 is 1.19 bits per heavy atom. The molecule has 32 heavy (non-hydrogen) atoms. The number of aliphatic hydroxyl groups is 1. The van der Waals surface area contributed by atoms with Gasteiger partial charge in [-0.15, -0.1) is 0 Å². The molecule has 2 atom stereocenters. The van der Waals surface area contributed by atoms with Crippen LogP contribution < -0.4 is 0 Å². The van der Waals surface area contributed by atoms with E-state index < -0.39 is 29.9 Å². The second kappa shape index (κ2) is 9.10. The van der Waals surface area contributed by atoms with Gasteiger partial charge in [0.25, 0.3) is 0 Å². The molecule has 0 radical (unpaired) electrons. The summed E-state index contributed by atoms with van der Waals surface area (Å²) >= 11 is 6.31. The second-order valence-electron chi connectivity index (χ2n) is 8.90. The van der Waals surface area contributed by atoms with Gasteiger partial charge in [0.15, 0.2) is 0 Å². The number of halogens is 4. The van der Waals surface area contributed by atoms with E-state index in [1.54, 1.807) is 13.0 Å². The first-order chi connectivity index (χ1) is 15.1. The first-order valence-corrected chi connectivity index (χ1v) is 11.5. The molecule has 0 aliphatic heterocycles. The third-order valence-corrected chi connectivity index (χ3v) is 6.87. The highest BCUT2D eigenvalue weighted by Gasteiger charge is 2.33. The fourth-order valence-corrected chi connectivity index (χ4v) is 4.61. The first-order valence-electron chi connectivity index (χ1n) is 11.1. The molecule has 8 heteroatoms. The summed E-state index contributed by atoms with van der Waals surface area (Å²) in [4.78, 5) is 13.0. The molecule has 2 aliphatic carbocycles. The minimum absolute atomic E-state index is 0.186. The van der Waals surface area contributed by atoms with Gasteiger partial charge in [0, 0.05) is 22.8 Å². The zero-order valence-corrected chi connectivity index (χ0v) is 18.7. The van der Waals surface area contributed by atoms with E-state index in [0.717, 1.165) is 44.2 Å². The first kappa shape index (κ1) is 23.2. The minimum Gasteiger partial charge on any atom is -0.456 e. The van der Waals surface area contributed by atoms with E-state index in [9.17, 15) is 23.1 Å². The van der Waals surface area contributed by atoms with Crippen LogP contribution in [0.2, 0.25) is 5.02 Å². The Labute approximate surface area is 190 Å². The molecule has 2 aliphatic rings. The number of aliphatic hydroxyl groups excluding tert-OH is 1. The number of carbonyl (C=O) groups excluding carboxylic acids is 1. The van der Waals surface area contributed by atoms with E-state index in [2.05, 4.69) is 0 Å². The van der Waals surface area contributed by atoms with Crippen molar-refractivity contribution in [1.82, 2.24) is 4.57 Å². The van der Waals surface area contributed by atoms with Gasteiger partial charge < -0.3 is 14.4 Å². The van der Waals surface area contributed by atoms with Gasteiger partial charge in [0.05, 0.1) is 22.9 Å². The number of alkyl halides is 3. The summed E-state index contributed by atoms with van der Waals surface area (Å²) < 4.78 is 47.5. The van der Waals surface area contributed by atoms with Crippen molar-refractivity contribution in [3.8, 4) is 11.3 Å². The molecule has 0 saturated heterocycles. The van der Waals surface area contributed by atoms with Crippen LogP contribution in [0.5, 0.6) is 0 Å². The fourth-order valence-electron chi connectivity index (χ4n) is 4.39. The highest BCUT2D eigenvalue weighted by Crippen LogP contribution is 2.39. The number of esters is 1. The van der Waals surface area contributed by atoms with E-state index in [-0.39, 0.29) is 10.6 Å². The average molecular weight is 470 g/mol. The van der Waals surface area contributed by atoms with Crippen molar-refractivity contribution >= 4 is 17.6 Å². The lowest BCUT2D eigenvalue weighted by Crippen LogP contribution is -2.34. The van der Waals surface area contributed by atoms with Gasteiger partial charge in [-0.2, -0.15) is 13.2 Å². The second-order valence-corrected chi connectivity index (χ2v) is 9.31. The third kappa shape index (κ3) is 4.99. The van der Waals surface area contributed by atoms with Crippen LogP contribution in [0.3, 0.4) is 0 Å². The number of aromatic nitrogens is 1. The van der Waals surface area contributed by atoms with Crippen LogP contribution in [-0.2, 0) is 17.5 Å². The highest BCUT2D eigenvalue weighted by molar-refractivity contribution is 6.33. The van der Waals surface area contributed by atoms with Gasteiger partial charge in [-0.05, 0) is 62.8 Å². The third-order valence-electron chi connectivity index (χ3n) is 6.54. The van der Waals surface area contributed by atoms with Gasteiger partial charge in [-0.3, -0.25) is 0 Å². The number of rotatable bonds is 6. The van der Waals surface area contributed by atoms with E-state index in [1.165, 1.54) is 6.07 Å². The average Bonchev–Trinajstić information content (AvgIpc) is 3.50. The number of hydrogen-bond donors (Lipinski definition) is 1. The van der Waals surface area contributed by atoms with Crippen LogP contribution in [-0.4, -0.2) is 27.9 Å². The molecular formula is C24H27ClF3NO3. The molecular weight excluding hydrogens is 443 g/mol. The summed E-state index contributed by atoms with van der Waals surface area (Å²) in [7, 11) is 0. The standard InChI is InChI=1S/C24H27ClF3NO3/c1-14-17(23(31)32-22-5-3-2-4-21(22)30)13-20(29(14)11-10-15-6-7-15)18-12-16(24(26,27)28)8-9-19(18)25/h8-9,12-13,15,21-22,30H,2-7,10-11H2,1H3/t21-,22-/m1/s1. The van der Waals surface area contributed by atoms with Crippen LogP contribution in [0.1, 0.15) is 66.6 Å². The molecule has 1 aromatic carbocycles. The van der Waals surface area contributed by atoms with E-state index in [0.29, 0.717) is 42.3 Å². The molecule has 0 spiro atoms. The lowest BCUT2D eigenvalue weighted by molar-refractivity contribution is -0.137. The molecule has 0 bridgehead atoms. The number of ether oxygens (including phenoxy) is 1. The van der Waals surface area contributed by atoms with E-state index in [4.69, 9.17) is 16.3 Å². The summed E-state index contributed by atoms with van der Waals surface area (Å²) in [6, 6.07) is 4.80. The Balaban J connectivity index is 1.71. The van der Waals surface area contributed by atoms with Crippen LogP contribution >= 0.6 is 11.6 Å². The Hall–Kier alpha value is -1.99. The van der Waals surface area contributed by atoms with Gasteiger partial charge in [-0.1, -0.05) is 30.9 Å². The summed E-state index contributed by atoms with van der Waals surface area (Å²) in [5.74, 6) is 0.0392. The fraction of sp³-hybridized carbons (Fsp3) is 0.542. The number of hydrogen-bond acceptors (Lipinski definition) is 3. The zero-order chi connectivity index (χ0) is 23.0. The highest BCUT2D eigenvalue weighted by atomic mass is 35.5. The molecule has 4 nitrogen and oxygen atoms in total. The lowest BCUT2D eigenvalue weighted by atomic mass is 9.95. The lowest BCUT2D eigenvalue weighted by Gasteiger charge is -2.27. The van der Waals surface area contributed by atoms with Gasteiger partial charge >= 0.3 is 12.1 Å². The molecule has 4 rings (SSSR count). The Kier molecular flexibility index (Phi) is 6.59. The number of benzene rings is 1. The van der Waals surface area contributed by atoms with Crippen molar-refractivity contribution in [2.45, 2.75) is 76.8 Å². The minimum atomic E-state index is -4.50. The molecule has 0 amide bonds. The number of carbonyl (C=O) groups is 1. The van der Waals surface area contributed by atoms with Gasteiger partial charge in [0.2, 0.25) is 0 Å². The predicted molar refractivity (Wildman–Crippen MR) is 116 cm³/mol. The zero-order valence-electron chi connectivity index (χ0n) is 17.9. The largest absolute Gasteiger partial charge is 0.456 e. The van der Waals surface area contributed by atoms with Crippen LogP contribution in [0.25, 0.3) is 11.3 Å². The Morgan fingerprint density at radius 3 is 2.56 bits per heavy atom. The molecule has 2 aromatic rings. The van der Waals surface area contributed by atoms with Crippen molar-refractivity contribution in [3.05, 3.63) is 46.1 Å². The van der Waals surface area contributed by atoms with Crippen molar-refractivity contribution in [1.29, 1.82) is 0 Å². The van der Waals surface area contributed by atoms with Crippen molar-refractivity contribution < 1.29 is 27.8 Å². The molecule has 1 aromatic heterocycles. The monoisotopic (exact) mass is 469 g/mol. The van der Waals surface area contributed by atoms with Crippen LogP contribution in [0, 0.1) is 12.8 Å². The van der Waals surface area contributed by atoms with Crippen molar-refractivity contribution in [2.75, 3.05) is 0 Å². The van der Waals surface area contributed by atoms with Crippen molar-refractivity contribution in [3.63, 3.8) is 0 Å². The SMILES string of the molecule is Cc1c(C(=O)O[C@@H]2CCCC[C@H]2O)cc(-c2cc(C(F)(F)F)ccc2Cl)n1CCC1CC1. The summed E-state index contributed by atoms with van der Waals surface area (Å²) in [5, 5.41) is 10.3. The smallest absolute Gasteiger partial charge is 0.416 e. The summed E-state index contributed by atoms with van der Waals surface area (Å²) in [6.07, 6.45) is 0.376. The quantitative estimate of drug-likeness (QED) is 0.498. The molecule has 1 heterocycles. The summed E-state index contributed by atoms with van der Waals surface area (Å²) in [6.45, 7) is 2.35. The maximum atomic E-state index is 13.3. The van der Waals surface area contributed by atoms with E-state index in [1.807, 2.05) is 4.57 Å². The normalized spacial score (nSPS) is 21.6. The molecule has 0 unspecified atom stereocenters. The Bertz CT molecular complexity index is 997. The molecule has 1 N–H and O–H groups in total. The predicted octanol–water partition coefficient (Wildman–Crippen LogP) is 6.40. The topological polar surface area (TPSA) is 51.5 Å². The number of nitrogens with zero attached hydrogens (tertiary/aromatic N) is 1. The van der Waals surface area contributed by atoms with Crippen LogP contribution in [0.15, 0.2) is 24.3 Å². The van der Waals surface area contributed by atoms with Crippen molar-refractivity contribution in [2.24, 2.45) is 5.92 Å². The Morgan fingerprint density at radius 2 is 1.91 bits per heavy atom. The molecule has 2 fully saturated rings. The van der Waals surface area contributed by atoms with E-state index >= 15 is 0 Å². The van der Waals surface area contributed by atoms with Crippen LogP contribution in [0.4, 0.5) is 13.2 Å². The maximum Gasteiger partial charge on any atom is 0.416 e. The molecule has 174 valence electrons. The summed E-state index contributed by atoms with van der Waals surface area (Å²) in [5.41, 5.74) is 0.831. The van der Waals surface area contributed by atoms with Gasteiger partial charge in [0.1, 0.15) is 6.10 Å².